The van der Waals surface area contributed by atoms with Crippen molar-refractivity contribution in [3.05, 3.63) is 131 Å². The van der Waals surface area contributed by atoms with Crippen LogP contribution in [0.3, 0.4) is 0 Å². The molecule has 0 radical (unpaired) electrons. The van der Waals surface area contributed by atoms with Crippen molar-refractivity contribution in [2.45, 2.75) is 25.7 Å². The van der Waals surface area contributed by atoms with E-state index < -0.39 is 0 Å². The smallest absolute Gasteiger partial charge is 0.278 e. The van der Waals surface area contributed by atoms with Gasteiger partial charge in [0.2, 0.25) is 0 Å². The summed E-state index contributed by atoms with van der Waals surface area (Å²) in [7, 11) is 6.34. The first-order chi connectivity index (χ1) is 25.4. The number of benzene rings is 4. The SMILES string of the molecule is COc1ccc(/C=C2\N=C(c3ccccc3)N(CCCCCCN3C(=O)/C(=C\c4ccc(OC)c(OC)c4)N=C3c3ccccc3)C2=O)cc1OC. The number of aliphatic imine (C=N–C) groups is 2. The molecule has 2 aliphatic heterocycles. The molecule has 0 saturated heterocycles. The molecule has 0 bridgehead atoms. The van der Waals surface area contributed by atoms with Crippen molar-refractivity contribution in [1.82, 2.24) is 9.80 Å². The summed E-state index contributed by atoms with van der Waals surface area (Å²) in [5, 5.41) is 0. The third kappa shape index (κ3) is 7.91. The zero-order chi connectivity index (χ0) is 36.5. The molecule has 10 heteroatoms. The van der Waals surface area contributed by atoms with E-state index in [0.717, 1.165) is 47.9 Å². The zero-order valence-corrected chi connectivity index (χ0v) is 29.9. The molecule has 4 aromatic carbocycles. The summed E-state index contributed by atoms with van der Waals surface area (Å²) in [5.41, 5.74) is 4.06. The lowest BCUT2D eigenvalue weighted by atomic mass is 10.1. The molecule has 0 aliphatic carbocycles. The zero-order valence-electron chi connectivity index (χ0n) is 29.9. The summed E-state index contributed by atoms with van der Waals surface area (Å²) in [6.45, 7) is 1.04. The van der Waals surface area contributed by atoms with Gasteiger partial charge in [0.1, 0.15) is 23.1 Å². The molecular weight excluding hydrogens is 656 g/mol. The van der Waals surface area contributed by atoms with Crippen molar-refractivity contribution in [2.24, 2.45) is 9.98 Å². The number of unbranched alkanes of at least 4 members (excludes halogenated alkanes) is 3. The highest BCUT2D eigenvalue weighted by atomic mass is 16.5. The van der Waals surface area contributed by atoms with E-state index in [1.165, 1.54) is 0 Å². The summed E-state index contributed by atoms with van der Waals surface area (Å²) in [6.07, 6.45) is 6.85. The lowest BCUT2D eigenvalue weighted by molar-refractivity contribution is -0.123. The summed E-state index contributed by atoms with van der Waals surface area (Å²) in [5.74, 6) is 3.37. The number of methoxy groups -OCH3 is 4. The second-order valence-electron chi connectivity index (χ2n) is 12.2. The van der Waals surface area contributed by atoms with E-state index in [2.05, 4.69) is 0 Å². The Hall–Kier alpha value is -6.16. The summed E-state index contributed by atoms with van der Waals surface area (Å²) < 4.78 is 21.6. The van der Waals surface area contributed by atoms with Crippen molar-refractivity contribution in [1.29, 1.82) is 0 Å². The number of carbonyl (C=O) groups excluding carboxylic acids is 2. The van der Waals surface area contributed by atoms with Crippen LogP contribution in [-0.4, -0.2) is 74.8 Å². The summed E-state index contributed by atoms with van der Waals surface area (Å²) in [6, 6.07) is 30.5. The number of hydrogen-bond acceptors (Lipinski definition) is 8. The average molecular weight is 699 g/mol. The van der Waals surface area contributed by atoms with Gasteiger partial charge in [0.05, 0.1) is 28.4 Å². The van der Waals surface area contributed by atoms with Gasteiger partial charge in [-0.1, -0.05) is 85.6 Å². The Morgan fingerprint density at radius 3 is 1.25 bits per heavy atom. The maximum Gasteiger partial charge on any atom is 0.278 e. The Balaban J connectivity index is 1.11. The maximum atomic E-state index is 13.7. The van der Waals surface area contributed by atoms with Crippen molar-refractivity contribution >= 4 is 35.6 Å². The highest BCUT2D eigenvalue weighted by Gasteiger charge is 2.32. The minimum Gasteiger partial charge on any atom is -0.493 e. The Bertz CT molecular complexity index is 1890. The number of hydrogen-bond donors (Lipinski definition) is 0. The molecule has 2 heterocycles. The summed E-state index contributed by atoms with van der Waals surface area (Å²) in [4.78, 5) is 40.5. The fourth-order valence-electron chi connectivity index (χ4n) is 6.23. The van der Waals surface area contributed by atoms with Crippen LogP contribution in [-0.2, 0) is 9.59 Å². The third-order valence-corrected chi connectivity index (χ3v) is 8.89. The third-order valence-electron chi connectivity index (χ3n) is 8.89. The van der Waals surface area contributed by atoms with Gasteiger partial charge in [-0.2, -0.15) is 0 Å². The van der Waals surface area contributed by atoms with Gasteiger partial charge in [0, 0.05) is 24.2 Å². The number of carbonyl (C=O) groups is 2. The van der Waals surface area contributed by atoms with Gasteiger partial charge >= 0.3 is 0 Å². The number of amides is 2. The fourth-order valence-corrected chi connectivity index (χ4v) is 6.23. The Labute approximate surface area is 304 Å². The van der Waals surface area contributed by atoms with Gasteiger partial charge < -0.3 is 18.9 Å². The van der Waals surface area contributed by atoms with Crippen LogP contribution >= 0.6 is 0 Å². The van der Waals surface area contributed by atoms with Crippen LogP contribution in [0.4, 0.5) is 0 Å². The topological polar surface area (TPSA) is 102 Å². The minimum atomic E-state index is -0.145. The molecule has 0 atom stereocenters. The first-order valence-corrected chi connectivity index (χ1v) is 17.2. The van der Waals surface area contributed by atoms with Gasteiger partial charge in [-0.05, 0) is 60.4 Å². The molecule has 2 aliphatic rings. The van der Waals surface area contributed by atoms with Gasteiger partial charge in [0.15, 0.2) is 23.0 Å². The van der Waals surface area contributed by atoms with Crippen molar-refractivity contribution < 1.29 is 28.5 Å². The van der Waals surface area contributed by atoms with Crippen LogP contribution in [0.15, 0.2) is 118 Å². The Kier molecular flexibility index (Phi) is 11.5. The molecule has 0 unspecified atom stereocenters. The van der Waals surface area contributed by atoms with Crippen LogP contribution in [0.2, 0.25) is 0 Å². The molecule has 266 valence electrons. The number of rotatable bonds is 15. The maximum absolute atomic E-state index is 13.7. The van der Waals surface area contributed by atoms with E-state index in [1.807, 2.05) is 97.1 Å². The van der Waals surface area contributed by atoms with Gasteiger partial charge in [-0.3, -0.25) is 19.4 Å². The van der Waals surface area contributed by atoms with Crippen LogP contribution in [0, 0.1) is 0 Å². The molecule has 4 aromatic rings. The molecule has 0 saturated carbocycles. The van der Waals surface area contributed by atoms with Crippen LogP contribution in [0.25, 0.3) is 12.2 Å². The van der Waals surface area contributed by atoms with E-state index in [1.54, 1.807) is 50.4 Å². The molecule has 0 aromatic heterocycles. The number of amidine groups is 2. The molecule has 2 amide bonds. The van der Waals surface area contributed by atoms with Crippen molar-refractivity contribution in [3.63, 3.8) is 0 Å². The van der Waals surface area contributed by atoms with Gasteiger partial charge in [0.25, 0.3) is 11.8 Å². The Morgan fingerprint density at radius 2 is 0.885 bits per heavy atom. The normalized spacial score (nSPS) is 15.7. The monoisotopic (exact) mass is 698 g/mol. The van der Waals surface area contributed by atoms with Crippen molar-refractivity contribution in [2.75, 3.05) is 41.5 Å². The van der Waals surface area contributed by atoms with E-state index >= 15 is 0 Å². The Morgan fingerprint density at radius 1 is 0.500 bits per heavy atom. The lowest BCUT2D eigenvalue weighted by Gasteiger charge is -2.19. The highest BCUT2D eigenvalue weighted by molar-refractivity contribution is 6.20. The predicted molar refractivity (Wildman–Crippen MR) is 203 cm³/mol. The van der Waals surface area contributed by atoms with E-state index in [9.17, 15) is 9.59 Å². The summed E-state index contributed by atoms with van der Waals surface area (Å²) >= 11 is 0. The van der Waals surface area contributed by atoms with Gasteiger partial charge in [-0.25, -0.2) is 9.98 Å². The largest absolute Gasteiger partial charge is 0.493 e. The van der Waals surface area contributed by atoms with Crippen molar-refractivity contribution in [3.8, 4) is 23.0 Å². The quantitative estimate of drug-likeness (QED) is 0.0959. The van der Waals surface area contributed by atoms with Crippen LogP contribution in [0.1, 0.15) is 47.9 Å². The molecule has 52 heavy (non-hydrogen) atoms. The molecule has 0 spiro atoms. The van der Waals surface area contributed by atoms with E-state index in [0.29, 0.717) is 59.2 Å². The average Bonchev–Trinajstić information content (AvgIpc) is 3.67. The number of nitrogens with zero attached hydrogens (tertiary/aromatic N) is 4. The second-order valence-corrected chi connectivity index (χ2v) is 12.2. The van der Waals surface area contributed by atoms with Gasteiger partial charge in [-0.15, -0.1) is 0 Å². The first-order valence-electron chi connectivity index (χ1n) is 17.2. The predicted octanol–water partition coefficient (Wildman–Crippen LogP) is 7.24. The molecular formula is C42H42N4O6. The molecule has 10 nitrogen and oxygen atoms in total. The fraction of sp³-hybridized carbons (Fsp3) is 0.238. The second kappa shape index (κ2) is 16.7. The van der Waals surface area contributed by atoms with Crippen LogP contribution in [0.5, 0.6) is 23.0 Å². The number of ether oxygens (including phenoxy) is 4. The first kappa shape index (κ1) is 35.7. The van der Waals surface area contributed by atoms with E-state index in [-0.39, 0.29) is 11.8 Å². The lowest BCUT2D eigenvalue weighted by Crippen LogP contribution is -2.34. The standard InChI is InChI=1S/C42H42N4O6/c1-49-35-21-19-29(27-37(35)51-3)25-33-41(47)45(39(43-33)31-15-9-7-10-16-31)23-13-5-6-14-24-46-40(32-17-11-8-12-18-32)44-34(42(46)48)26-30-20-22-36(50-2)38(28-30)52-4/h7-12,15-22,25-28H,5-6,13-14,23-24H2,1-4H3/b33-25-,34-26+. The minimum absolute atomic E-state index is 0.145. The highest BCUT2D eigenvalue weighted by Crippen LogP contribution is 2.31. The van der Waals surface area contributed by atoms with Crippen LogP contribution < -0.4 is 18.9 Å². The molecule has 0 fully saturated rings. The molecule has 0 N–H and O–H groups in total. The molecule has 6 rings (SSSR count). The van der Waals surface area contributed by atoms with E-state index in [4.69, 9.17) is 28.9 Å².